The van der Waals surface area contributed by atoms with Crippen LogP contribution in [-0.2, 0) is 13.6 Å². The van der Waals surface area contributed by atoms with E-state index in [1.807, 2.05) is 42.9 Å². The van der Waals surface area contributed by atoms with E-state index in [-0.39, 0.29) is 0 Å². The molecule has 9 nitrogen and oxygen atoms in total. The third-order valence-electron chi connectivity index (χ3n) is 4.30. The smallest absolute Gasteiger partial charge is 0.225 e. The van der Waals surface area contributed by atoms with Crippen LogP contribution in [0.2, 0.25) is 0 Å². The standard InChI is InChI=1S/C16H25N9/c1-22(2)16-21-12-13(23(16)3)11-20-14(17)24-7-9-25(10-8-24)15-18-5-4-6-19-15/h4-6,12H,7-11H2,1-3H3,(H2,17,20). The van der Waals surface area contributed by atoms with Crippen LogP contribution < -0.4 is 15.5 Å². The van der Waals surface area contributed by atoms with E-state index >= 15 is 0 Å². The van der Waals surface area contributed by atoms with E-state index in [0.29, 0.717) is 12.5 Å². The molecule has 0 amide bonds. The van der Waals surface area contributed by atoms with Crippen LogP contribution in [0.15, 0.2) is 29.6 Å². The van der Waals surface area contributed by atoms with E-state index in [0.717, 1.165) is 43.8 Å². The molecule has 3 rings (SSSR count). The fraction of sp³-hybridized carbons (Fsp3) is 0.500. The van der Waals surface area contributed by atoms with Crippen molar-refractivity contribution in [3.63, 3.8) is 0 Å². The minimum absolute atomic E-state index is 0.519. The Labute approximate surface area is 147 Å². The summed E-state index contributed by atoms with van der Waals surface area (Å²) in [7, 11) is 5.93. The van der Waals surface area contributed by atoms with Crippen LogP contribution >= 0.6 is 0 Å². The van der Waals surface area contributed by atoms with Gasteiger partial charge in [0, 0.05) is 59.7 Å². The highest BCUT2D eigenvalue weighted by Crippen LogP contribution is 2.13. The minimum Gasteiger partial charge on any atom is -0.370 e. The normalized spacial score (nSPS) is 15.6. The molecule has 0 bridgehead atoms. The first-order valence-electron chi connectivity index (χ1n) is 8.31. The quantitative estimate of drug-likeness (QED) is 0.613. The van der Waals surface area contributed by atoms with Gasteiger partial charge in [0.15, 0.2) is 5.96 Å². The largest absolute Gasteiger partial charge is 0.370 e. The molecular formula is C16H25N9. The molecule has 9 heteroatoms. The second-order valence-electron chi connectivity index (χ2n) is 6.20. The molecule has 0 aromatic carbocycles. The first kappa shape index (κ1) is 17.0. The summed E-state index contributed by atoms with van der Waals surface area (Å²) < 4.78 is 2.03. The predicted molar refractivity (Wildman–Crippen MR) is 98.7 cm³/mol. The van der Waals surface area contributed by atoms with E-state index in [2.05, 4.69) is 29.7 Å². The van der Waals surface area contributed by atoms with Crippen LogP contribution in [0.3, 0.4) is 0 Å². The third-order valence-corrected chi connectivity index (χ3v) is 4.30. The summed E-state index contributed by atoms with van der Waals surface area (Å²) in [6.07, 6.45) is 5.37. The van der Waals surface area contributed by atoms with Crippen LogP contribution in [0.4, 0.5) is 11.9 Å². The summed E-state index contributed by atoms with van der Waals surface area (Å²) in [6.45, 7) is 3.79. The Hall–Kier alpha value is -2.84. The number of anilines is 2. The van der Waals surface area contributed by atoms with Gasteiger partial charge in [0.2, 0.25) is 11.9 Å². The van der Waals surface area contributed by atoms with Gasteiger partial charge in [-0.2, -0.15) is 0 Å². The monoisotopic (exact) mass is 343 g/mol. The first-order chi connectivity index (χ1) is 12.1. The number of rotatable bonds is 4. The Morgan fingerprint density at radius 2 is 1.84 bits per heavy atom. The number of imidazole rings is 1. The number of aliphatic imine (C=N–C) groups is 1. The van der Waals surface area contributed by atoms with Crippen LogP contribution in [0.25, 0.3) is 0 Å². The van der Waals surface area contributed by atoms with Crippen LogP contribution in [0, 0.1) is 0 Å². The van der Waals surface area contributed by atoms with E-state index in [1.165, 1.54) is 0 Å². The highest BCUT2D eigenvalue weighted by atomic mass is 15.4. The van der Waals surface area contributed by atoms with Crippen molar-refractivity contribution in [2.75, 3.05) is 50.1 Å². The molecule has 2 aromatic heterocycles. The van der Waals surface area contributed by atoms with Crippen molar-refractivity contribution in [1.29, 1.82) is 0 Å². The van der Waals surface area contributed by atoms with E-state index < -0.39 is 0 Å². The number of nitrogens with zero attached hydrogens (tertiary/aromatic N) is 8. The molecule has 2 aromatic rings. The SMILES string of the molecule is CN(C)c1ncc(CN=C(N)N2CCN(c3ncccn3)CC2)n1C. The van der Waals surface area contributed by atoms with Crippen molar-refractivity contribution >= 4 is 17.9 Å². The third kappa shape index (κ3) is 3.81. The molecular weight excluding hydrogens is 318 g/mol. The molecule has 25 heavy (non-hydrogen) atoms. The second kappa shape index (κ2) is 7.37. The number of guanidine groups is 1. The number of hydrogen-bond donors (Lipinski definition) is 1. The molecule has 1 aliphatic rings. The zero-order chi connectivity index (χ0) is 17.8. The van der Waals surface area contributed by atoms with Crippen molar-refractivity contribution in [1.82, 2.24) is 24.4 Å². The summed E-state index contributed by atoms with van der Waals surface area (Å²) in [6, 6.07) is 1.82. The van der Waals surface area contributed by atoms with Gasteiger partial charge in [-0.1, -0.05) is 0 Å². The predicted octanol–water partition coefficient (Wildman–Crippen LogP) is -0.0870. The van der Waals surface area contributed by atoms with Crippen molar-refractivity contribution in [2.24, 2.45) is 17.8 Å². The lowest BCUT2D eigenvalue weighted by Crippen LogP contribution is -2.51. The molecule has 1 saturated heterocycles. The van der Waals surface area contributed by atoms with Gasteiger partial charge in [0.1, 0.15) is 0 Å². The van der Waals surface area contributed by atoms with Gasteiger partial charge in [0.25, 0.3) is 0 Å². The number of piperazine rings is 1. The molecule has 0 unspecified atom stereocenters. The van der Waals surface area contributed by atoms with Crippen molar-refractivity contribution in [2.45, 2.75) is 6.54 Å². The lowest BCUT2D eigenvalue weighted by atomic mass is 10.3. The average Bonchev–Trinajstić information content (AvgIpc) is 3.01. The summed E-state index contributed by atoms with van der Waals surface area (Å²) in [5.74, 6) is 2.24. The van der Waals surface area contributed by atoms with Gasteiger partial charge in [-0.05, 0) is 6.07 Å². The van der Waals surface area contributed by atoms with Crippen LogP contribution in [0.5, 0.6) is 0 Å². The molecule has 2 N–H and O–H groups in total. The van der Waals surface area contributed by atoms with Gasteiger partial charge in [-0.25, -0.2) is 19.9 Å². The van der Waals surface area contributed by atoms with Gasteiger partial charge >= 0.3 is 0 Å². The highest BCUT2D eigenvalue weighted by molar-refractivity contribution is 5.78. The Morgan fingerprint density at radius 3 is 2.44 bits per heavy atom. The average molecular weight is 343 g/mol. The van der Waals surface area contributed by atoms with Crippen molar-refractivity contribution in [3.05, 3.63) is 30.4 Å². The van der Waals surface area contributed by atoms with Gasteiger partial charge in [-0.3, -0.25) is 0 Å². The highest BCUT2D eigenvalue weighted by Gasteiger charge is 2.20. The lowest BCUT2D eigenvalue weighted by Gasteiger charge is -2.35. The first-order valence-corrected chi connectivity index (χ1v) is 8.31. The van der Waals surface area contributed by atoms with E-state index in [9.17, 15) is 0 Å². The summed E-state index contributed by atoms with van der Waals surface area (Å²) in [5.41, 5.74) is 7.21. The maximum absolute atomic E-state index is 6.18. The Morgan fingerprint density at radius 1 is 1.16 bits per heavy atom. The van der Waals surface area contributed by atoms with Gasteiger partial charge < -0.3 is 25.0 Å². The topological polar surface area (TPSA) is 91.7 Å². The molecule has 0 saturated carbocycles. The van der Waals surface area contributed by atoms with Crippen LogP contribution in [0.1, 0.15) is 5.69 Å². The Bertz CT molecular complexity index is 714. The van der Waals surface area contributed by atoms with Gasteiger partial charge in [-0.15, -0.1) is 0 Å². The molecule has 134 valence electrons. The Kier molecular flexibility index (Phi) is 5.01. The minimum atomic E-state index is 0.519. The summed E-state index contributed by atoms with van der Waals surface area (Å²) >= 11 is 0. The second-order valence-corrected chi connectivity index (χ2v) is 6.20. The zero-order valence-corrected chi connectivity index (χ0v) is 15.0. The molecule has 0 spiro atoms. The molecule has 1 aliphatic heterocycles. The number of hydrogen-bond acceptors (Lipinski definition) is 6. The maximum Gasteiger partial charge on any atom is 0.225 e. The molecule has 0 aliphatic carbocycles. The van der Waals surface area contributed by atoms with E-state index in [4.69, 9.17) is 5.73 Å². The summed E-state index contributed by atoms with van der Waals surface area (Å²) in [5, 5.41) is 0. The molecule has 1 fully saturated rings. The van der Waals surface area contributed by atoms with E-state index in [1.54, 1.807) is 12.4 Å². The molecule has 0 atom stereocenters. The Balaban J connectivity index is 1.57. The van der Waals surface area contributed by atoms with Gasteiger partial charge in [0.05, 0.1) is 18.4 Å². The fourth-order valence-corrected chi connectivity index (χ4v) is 2.85. The van der Waals surface area contributed by atoms with Crippen molar-refractivity contribution in [3.8, 4) is 0 Å². The van der Waals surface area contributed by atoms with Crippen molar-refractivity contribution < 1.29 is 0 Å². The van der Waals surface area contributed by atoms with Crippen LogP contribution in [-0.4, -0.2) is 70.7 Å². The number of aromatic nitrogens is 4. The maximum atomic E-state index is 6.18. The summed E-state index contributed by atoms with van der Waals surface area (Å²) in [4.78, 5) is 23.8. The molecule has 0 radical (unpaired) electrons. The molecule has 3 heterocycles. The number of nitrogens with two attached hydrogens (primary N) is 1. The zero-order valence-electron chi connectivity index (χ0n) is 15.0. The fourth-order valence-electron chi connectivity index (χ4n) is 2.85. The lowest BCUT2D eigenvalue weighted by molar-refractivity contribution is 0.378.